The molecule has 0 heterocycles. The fourth-order valence-corrected chi connectivity index (χ4v) is 2.39. The summed E-state index contributed by atoms with van der Waals surface area (Å²) in [7, 11) is 1.65. The summed E-state index contributed by atoms with van der Waals surface area (Å²) in [5.74, 6) is 1.47. The number of hydrogen-bond donors (Lipinski definition) is 2. The predicted molar refractivity (Wildman–Crippen MR) is 95.3 cm³/mol. The molecule has 0 atom stereocenters. The lowest BCUT2D eigenvalue weighted by Crippen LogP contribution is -2.38. The van der Waals surface area contributed by atoms with E-state index in [9.17, 15) is 13.2 Å². The summed E-state index contributed by atoms with van der Waals surface area (Å²) in [5, 5.41) is 6.31. The quantitative estimate of drug-likeness (QED) is 0.400. The Hall–Kier alpha value is -1.92. The summed E-state index contributed by atoms with van der Waals surface area (Å²) < 4.78 is 41.7. The molecule has 1 aromatic carbocycles. The molecule has 0 amide bonds. The van der Waals surface area contributed by atoms with Crippen LogP contribution in [0.5, 0.6) is 5.75 Å². The van der Waals surface area contributed by atoms with E-state index < -0.39 is 12.6 Å². The SMILES string of the molecule is CCNC(=NCCCCC(F)(F)F)NCCc1cc(C)ccc1OC. The monoisotopic (exact) mass is 359 g/mol. The number of alkyl halides is 3. The molecule has 0 saturated heterocycles. The van der Waals surface area contributed by atoms with Crippen molar-refractivity contribution < 1.29 is 17.9 Å². The average molecular weight is 359 g/mol. The predicted octanol–water partition coefficient (Wildman–Crippen LogP) is 3.83. The molecule has 0 aliphatic heterocycles. The number of hydrogen-bond acceptors (Lipinski definition) is 2. The van der Waals surface area contributed by atoms with Gasteiger partial charge in [0.1, 0.15) is 5.75 Å². The molecule has 7 heteroatoms. The number of ether oxygens (including phenoxy) is 1. The minimum atomic E-state index is -4.08. The topological polar surface area (TPSA) is 45.7 Å². The molecular formula is C18H28F3N3O. The molecule has 4 nitrogen and oxygen atoms in total. The number of halogens is 3. The first-order valence-electron chi connectivity index (χ1n) is 8.58. The number of nitrogens with one attached hydrogen (secondary N) is 2. The van der Waals surface area contributed by atoms with Gasteiger partial charge in [-0.25, -0.2) is 0 Å². The van der Waals surface area contributed by atoms with Crippen molar-refractivity contribution in [3.8, 4) is 5.75 Å². The van der Waals surface area contributed by atoms with Gasteiger partial charge in [-0.1, -0.05) is 17.7 Å². The molecule has 25 heavy (non-hydrogen) atoms. The van der Waals surface area contributed by atoms with Crippen LogP contribution in [-0.4, -0.2) is 38.9 Å². The zero-order valence-corrected chi connectivity index (χ0v) is 15.2. The van der Waals surface area contributed by atoms with Crippen LogP contribution >= 0.6 is 0 Å². The van der Waals surface area contributed by atoms with E-state index in [4.69, 9.17) is 4.74 Å². The number of guanidine groups is 1. The standard InChI is InChI=1S/C18H28F3N3O/c1-4-22-17(23-11-6-5-10-18(19,20)21)24-12-9-15-13-14(2)7-8-16(15)25-3/h7-8,13H,4-6,9-12H2,1-3H3,(H2,22,23,24). The highest BCUT2D eigenvalue weighted by molar-refractivity contribution is 5.79. The van der Waals surface area contributed by atoms with Gasteiger partial charge in [0.05, 0.1) is 7.11 Å². The molecule has 0 aliphatic carbocycles. The smallest absolute Gasteiger partial charge is 0.389 e. The van der Waals surface area contributed by atoms with Gasteiger partial charge >= 0.3 is 6.18 Å². The van der Waals surface area contributed by atoms with Crippen molar-refractivity contribution in [2.24, 2.45) is 4.99 Å². The fourth-order valence-electron chi connectivity index (χ4n) is 2.39. The molecule has 0 bridgehead atoms. The van der Waals surface area contributed by atoms with E-state index in [1.807, 2.05) is 26.0 Å². The highest BCUT2D eigenvalue weighted by Gasteiger charge is 2.25. The maximum atomic E-state index is 12.1. The molecule has 0 radical (unpaired) electrons. The second-order valence-electron chi connectivity index (χ2n) is 5.83. The Bertz CT molecular complexity index is 545. The van der Waals surface area contributed by atoms with E-state index in [1.54, 1.807) is 7.11 Å². The number of aliphatic imine (C=N–C) groups is 1. The van der Waals surface area contributed by atoms with Gasteiger partial charge < -0.3 is 15.4 Å². The number of methoxy groups -OCH3 is 1. The highest BCUT2D eigenvalue weighted by Crippen LogP contribution is 2.22. The summed E-state index contributed by atoms with van der Waals surface area (Å²) in [5.41, 5.74) is 2.28. The Labute approximate surface area is 147 Å². The summed E-state index contributed by atoms with van der Waals surface area (Å²) >= 11 is 0. The van der Waals surface area contributed by atoms with Gasteiger partial charge in [0.25, 0.3) is 0 Å². The number of benzene rings is 1. The molecule has 0 saturated carbocycles. The molecule has 0 spiro atoms. The zero-order valence-electron chi connectivity index (χ0n) is 15.2. The Morgan fingerprint density at radius 3 is 2.60 bits per heavy atom. The highest BCUT2D eigenvalue weighted by atomic mass is 19.4. The van der Waals surface area contributed by atoms with Crippen molar-refractivity contribution in [2.75, 3.05) is 26.7 Å². The molecule has 2 N–H and O–H groups in total. The van der Waals surface area contributed by atoms with Crippen LogP contribution < -0.4 is 15.4 Å². The Morgan fingerprint density at radius 2 is 1.96 bits per heavy atom. The second-order valence-corrected chi connectivity index (χ2v) is 5.83. The summed E-state index contributed by atoms with van der Waals surface area (Å²) in [4.78, 5) is 4.32. The Balaban J connectivity index is 2.44. The second kappa shape index (κ2) is 10.8. The van der Waals surface area contributed by atoms with Gasteiger partial charge in [0, 0.05) is 26.1 Å². The Kier molecular flexibility index (Phi) is 9.16. The Morgan fingerprint density at radius 1 is 1.20 bits per heavy atom. The van der Waals surface area contributed by atoms with Crippen LogP contribution in [0.1, 0.15) is 37.3 Å². The van der Waals surface area contributed by atoms with Crippen molar-refractivity contribution >= 4 is 5.96 Å². The van der Waals surface area contributed by atoms with Gasteiger partial charge in [0.2, 0.25) is 0 Å². The van der Waals surface area contributed by atoms with E-state index in [1.165, 1.54) is 5.56 Å². The lowest BCUT2D eigenvalue weighted by Gasteiger charge is -2.13. The first-order chi connectivity index (χ1) is 11.9. The van der Waals surface area contributed by atoms with Crippen LogP contribution in [0.25, 0.3) is 0 Å². The van der Waals surface area contributed by atoms with Crippen LogP contribution in [0.2, 0.25) is 0 Å². The third-order valence-electron chi connectivity index (χ3n) is 3.61. The third-order valence-corrected chi connectivity index (χ3v) is 3.61. The molecule has 1 rings (SSSR count). The van der Waals surface area contributed by atoms with Crippen LogP contribution in [0.4, 0.5) is 13.2 Å². The minimum Gasteiger partial charge on any atom is -0.496 e. The lowest BCUT2D eigenvalue weighted by atomic mass is 10.1. The first kappa shape index (κ1) is 21.1. The lowest BCUT2D eigenvalue weighted by molar-refractivity contribution is -0.135. The van der Waals surface area contributed by atoms with Gasteiger partial charge in [-0.05, 0) is 44.7 Å². The van der Waals surface area contributed by atoms with Crippen molar-refractivity contribution in [3.05, 3.63) is 29.3 Å². The van der Waals surface area contributed by atoms with E-state index in [0.29, 0.717) is 32.0 Å². The molecule has 0 aromatic heterocycles. The molecule has 0 aliphatic rings. The number of nitrogens with zero attached hydrogens (tertiary/aromatic N) is 1. The zero-order chi connectivity index (χ0) is 18.7. The number of unbranched alkanes of at least 4 members (excludes halogenated alkanes) is 1. The van der Waals surface area contributed by atoms with Gasteiger partial charge in [-0.3, -0.25) is 4.99 Å². The number of aryl methyl sites for hydroxylation is 1. The van der Waals surface area contributed by atoms with Gasteiger partial charge in [0.15, 0.2) is 5.96 Å². The van der Waals surface area contributed by atoms with E-state index in [2.05, 4.69) is 21.7 Å². The van der Waals surface area contributed by atoms with Crippen LogP contribution in [0, 0.1) is 6.92 Å². The average Bonchev–Trinajstić information content (AvgIpc) is 2.53. The molecule has 142 valence electrons. The third kappa shape index (κ3) is 9.22. The van der Waals surface area contributed by atoms with Crippen molar-refractivity contribution in [3.63, 3.8) is 0 Å². The maximum Gasteiger partial charge on any atom is 0.389 e. The van der Waals surface area contributed by atoms with Crippen molar-refractivity contribution in [1.82, 2.24) is 10.6 Å². The molecule has 0 fully saturated rings. The van der Waals surface area contributed by atoms with E-state index in [0.717, 1.165) is 17.7 Å². The van der Waals surface area contributed by atoms with Crippen LogP contribution in [0.15, 0.2) is 23.2 Å². The number of rotatable bonds is 9. The minimum absolute atomic E-state index is 0.104. The molecule has 0 unspecified atom stereocenters. The van der Waals surface area contributed by atoms with Crippen LogP contribution in [0.3, 0.4) is 0 Å². The maximum absolute atomic E-state index is 12.1. The van der Waals surface area contributed by atoms with Gasteiger partial charge in [-0.2, -0.15) is 13.2 Å². The first-order valence-corrected chi connectivity index (χ1v) is 8.58. The fraction of sp³-hybridized carbons (Fsp3) is 0.611. The summed E-state index contributed by atoms with van der Waals surface area (Å²) in [6, 6.07) is 6.04. The largest absolute Gasteiger partial charge is 0.496 e. The normalized spacial score (nSPS) is 12.2. The van der Waals surface area contributed by atoms with Crippen molar-refractivity contribution in [2.45, 2.75) is 45.7 Å². The van der Waals surface area contributed by atoms with E-state index >= 15 is 0 Å². The molecule has 1 aromatic rings. The summed E-state index contributed by atoms with van der Waals surface area (Å²) in [6.07, 6.45) is -3.54. The van der Waals surface area contributed by atoms with Crippen LogP contribution in [-0.2, 0) is 6.42 Å². The summed E-state index contributed by atoms with van der Waals surface area (Å²) in [6.45, 7) is 5.71. The van der Waals surface area contributed by atoms with Crippen molar-refractivity contribution in [1.29, 1.82) is 0 Å². The van der Waals surface area contributed by atoms with E-state index in [-0.39, 0.29) is 6.42 Å². The molecular weight excluding hydrogens is 331 g/mol. The van der Waals surface area contributed by atoms with Gasteiger partial charge in [-0.15, -0.1) is 0 Å².